The van der Waals surface area contributed by atoms with Crippen molar-refractivity contribution in [3.05, 3.63) is 48.6 Å². The highest BCUT2D eigenvalue weighted by Gasteiger charge is 2.49. The highest BCUT2D eigenvalue weighted by Crippen LogP contribution is 2.32. The van der Waals surface area contributed by atoms with Gasteiger partial charge in [0.1, 0.15) is 11.3 Å². The fourth-order valence-electron chi connectivity index (χ4n) is 3.10. The van der Waals surface area contributed by atoms with Crippen molar-refractivity contribution in [2.75, 3.05) is 6.61 Å². The van der Waals surface area contributed by atoms with E-state index in [1.807, 2.05) is 65.0 Å². The predicted molar refractivity (Wildman–Crippen MR) is 99.6 cm³/mol. The van der Waals surface area contributed by atoms with Crippen LogP contribution in [0, 0.1) is 0 Å². The standard InChI is InChI=1S/C20H30N2O4/c1-7-16(21(24)13-15-11-9-8-10-12-15)17-14-25-20(5,6)22(17)18(23)26-19(2,3)4/h7-12,16-17,24H,1,13-14H2,2-6H3/t16-,17-/m1/s1. The molecule has 2 rings (SSSR count). The Balaban J connectivity index is 2.21. The van der Waals surface area contributed by atoms with Crippen LogP contribution < -0.4 is 0 Å². The molecule has 1 N–H and O–H groups in total. The maximum Gasteiger partial charge on any atom is 0.412 e. The summed E-state index contributed by atoms with van der Waals surface area (Å²) in [7, 11) is 0. The van der Waals surface area contributed by atoms with Crippen LogP contribution in [0.15, 0.2) is 43.0 Å². The average molecular weight is 362 g/mol. The highest BCUT2D eigenvalue weighted by atomic mass is 16.6. The molecule has 0 radical (unpaired) electrons. The number of hydrogen-bond donors (Lipinski definition) is 1. The number of hydroxylamine groups is 2. The first-order valence-corrected chi connectivity index (χ1v) is 8.83. The van der Waals surface area contributed by atoms with Crippen LogP contribution in [-0.2, 0) is 16.0 Å². The van der Waals surface area contributed by atoms with Gasteiger partial charge in [-0.2, -0.15) is 5.06 Å². The molecule has 0 saturated carbocycles. The maximum atomic E-state index is 12.8. The zero-order valence-corrected chi connectivity index (χ0v) is 16.3. The predicted octanol–water partition coefficient (Wildman–Crippen LogP) is 3.80. The molecule has 6 nitrogen and oxygen atoms in total. The Morgan fingerprint density at radius 3 is 2.62 bits per heavy atom. The number of carbonyl (C=O) groups is 1. The summed E-state index contributed by atoms with van der Waals surface area (Å²) in [4.78, 5) is 14.3. The van der Waals surface area contributed by atoms with Gasteiger partial charge >= 0.3 is 6.09 Å². The molecule has 1 aromatic carbocycles. The molecule has 0 aliphatic carbocycles. The lowest BCUT2D eigenvalue weighted by Gasteiger charge is -2.38. The van der Waals surface area contributed by atoms with Crippen LogP contribution in [0.25, 0.3) is 0 Å². The number of rotatable bonds is 5. The monoisotopic (exact) mass is 362 g/mol. The first-order valence-electron chi connectivity index (χ1n) is 8.83. The summed E-state index contributed by atoms with van der Waals surface area (Å²) in [6.45, 7) is 13.5. The Labute approximate surface area is 156 Å². The van der Waals surface area contributed by atoms with Crippen molar-refractivity contribution in [2.24, 2.45) is 0 Å². The van der Waals surface area contributed by atoms with Crippen molar-refractivity contribution >= 4 is 6.09 Å². The summed E-state index contributed by atoms with van der Waals surface area (Å²) in [5.74, 6) is 0. The first-order chi connectivity index (χ1) is 12.0. The molecular weight excluding hydrogens is 332 g/mol. The molecule has 0 spiro atoms. The summed E-state index contributed by atoms with van der Waals surface area (Å²) in [5, 5.41) is 11.8. The third-order valence-corrected chi connectivity index (χ3v) is 4.28. The largest absolute Gasteiger partial charge is 0.444 e. The number of amides is 1. The van der Waals surface area contributed by atoms with E-state index in [2.05, 4.69) is 6.58 Å². The number of benzene rings is 1. The average Bonchev–Trinajstić information content (AvgIpc) is 2.82. The number of nitrogens with zero attached hydrogens (tertiary/aromatic N) is 2. The maximum absolute atomic E-state index is 12.8. The third-order valence-electron chi connectivity index (χ3n) is 4.28. The van der Waals surface area contributed by atoms with Gasteiger partial charge in [-0.15, -0.1) is 6.58 Å². The molecule has 1 heterocycles. The van der Waals surface area contributed by atoms with Crippen molar-refractivity contribution in [3.63, 3.8) is 0 Å². The topological polar surface area (TPSA) is 62.2 Å². The van der Waals surface area contributed by atoms with Gasteiger partial charge in [-0.25, -0.2) is 4.79 Å². The van der Waals surface area contributed by atoms with Crippen LogP contribution in [-0.4, -0.2) is 51.3 Å². The molecule has 0 unspecified atom stereocenters. The smallest absolute Gasteiger partial charge is 0.412 e. The van der Waals surface area contributed by atoms with E-state index in [1.165, 1.54) is 5.06 Å². The molecular formula is C20H30N2O4. The summed E-state index contributed by atoms with van der Waals surface area (Å²) >= 11 is 0. The molecule has 1 aliphatic heterocycles. The van der Waals surface area contributed by atoms with Gasteiger partial charge in [-0.1, -0.05) is 36.4 Å². The minimum absolute atomic E-state index is 0.286. The van der Waals surface area contributed by atoms with Crippen LogP contribution in [0.3, 0.4) is 0 Å². The Morgan fingerprint density at radius 1 is 1.46 bits per heavy atom. The Hall–Kier alpha value is -1.89. The van der Waals surface area contributed by atoms with E-state index < -0.39 is 29.5 Å². The molecule has 144 valence electrons. The van der Waals surface area contributed by atoms with Crippen LogP contribution in [0.1, 0.15) is 40.2 Å². The minimum atomic E-state index is -0.832. The van der Waals surface area contributed by atoms with Gasteiger partial charge in [0.25, 0.3) is 0 Å². The van der Waals surface area contributed by atoms with E-state index in [9.17, 15) is 10.0 Å². The zero-order chi connectivity index (χ0) is 19.5. The van der Waals surface area contributed by atoms with Crippen molar-refractivity contribution in [1.29, 1.82) is 0 Å². The van der Waals surface area contributed by atoms with Crippen LogP contribution in [0.2, 0.25) is 0 Å². The quantitative estimate of drug-likeness (QED) is 0.637. The normalized spacial score (nSPS) is 20.9. The molecule has 1 saturated heterocycles. The highest BCUT2D eigenvalue weighted by molar-refractivity contribution is 5.70. The number of hydrogen-bond acceptors (Lipinski definition) is 5. The zero-order valence-electron chi connectivity index (χ0n) is 16.3. The van der Waals surface area contributed by atoms with E-state index in [0.717, 1.165) is 5.56 Å². The van der Waals surface area contributed by atoms with E-state index in [1.54, 1.807) is 11.0 Å². The first kappa shape index (κ1) is 20.4. The molecule has 2 atom stereocenters. The van der Waals surface area contributed by atoms with E-state index in [0.29, 0.717) is 6.54 Å². The van der Waals surface area contributed by atoms with E-state index in [4.69, 9.17) is 9.47 Å². The SMILES string of the molecule is C=C[C@H]([C@H]1COC(C)(C)N1C(=O)OC(C)(C)C)N(O)Cc1ccccc1. The summed E-state index contributed by atoms with van der Waals surface area (Å²) < 4.78 is 11.4. The molecule has 26 heavy (non-hydrogen) atoms. The summed E-state index contributed by atoms with van der Waals surface area (Å²) in [5.41, 5.74) is -0.488. The lowest BCUT2D eigenvalue weighted by molar-refractivity contribution is -0.138. The molecule has 1 aromatic rings. The second-order valence-corrected chi connectivity index (χ2v) is 7.98. The van der Waals surface area contributed by atoms with Gasteiger partial charge in [0, 0.05) is 6.54 Å². The molecule has 1 amide bonds. The molecule has 1 aliphatic rings. The van der Waals surface area contributed by atoms with Crippen molar-refractivity contribution in [2.45, 2.75) is 64.6 Å². The Kier molecular flexibility index (Phi) is 6.11. The lowest BCUT2D eigenvalue weighted by Crippen LogP contribution is -2.56. The Morgan fingerprint density at radius 2 is 2.08 bits per heavy atom. The minimum Gasteiger partial charge on any atom is -0.444 e. The van der Waals surface area contributed by atoms with Crippen molar-refractivity contribution < 1.29 is 19.5 Å². The van der Waals surface area contributed by atoms with Crippen LogP contribution in [0.4, 0.5) is 4.79 Å². The Bertz CT molecular complexity index is 624. The molecule has 0 aromatic heterocycles. The fourth-order valence-corrected chi connectivity index (χ4v) is 3.10. The van der Waals surface area contributed by atoms with Gasteiger partial charge in [0.2, 0.25) is 0 Å². The van der Waals surface area contributed by atoms with E-state index in [-0.39, 0.29) is 6.61 Å². The van der Waals surface area contributed by atoms with Crippen molar-refractivity contribution in [3.8, 4) is 0 Å². The fraction of sp³-hybridized carbons (Fsp3) is 0.550. The molecule has 1 fully saturated rings. The summed E-state index contributed by atoms with van der Waals surface area (Å²) in [6, 6.07) is 8.72. The second kappa shape index (κ2) is 7.78. The van der Waals surface area contributed by atoms with E-state index >= 15 is 0 Å². The van der Waals surface area contributed by atoms with Gasteiger partial charge in [0.05, 0.1) is 18.7 Å². The van der Waals surface area contributed by atoms with Gasteiger partial charge in [0.15, 0.2) is 0 Å². The molecule has 6 heteroatoms. The van der Waals surface area contributed by atoms with Crippen molar-refractivity contribution in [1.82, 2.24) is 9.96 Å². The van der Waals surface area contributed by atoms with Gasteiger partial charge in [-0.3, -0.25) is 4.90 Å². The number of ether oxygens (including phenoxy) is 2. The van der Waals surface area contributed by atoms with Gasteiger partial charge in [-0.05, 0) is 40.2 Å². The number of carbonyl (C=O) groups excluding carboxylic acids is 1. The molecule has 0 bridgehead atoms. The van der Waals surface area contributed by atoms with Crippen LogP contribution in [0.5, 0.6) is 0 Å². The summed E-state index contributed by atoms with van der Waals surface area (Å²) in [6.07, 6.45) is 1.17. The lowest BCUT2D eigenvalue weighted by atomic mass is 10.1. The second-order valence-electron chi connectivity index (χ2n) is 7.98. The van der Waals surface area contributed by atoms with Crippen LogP contribution >= 0.6 is 0 Å². The van der Waals surface area contributed by atoms with Gasteiger partial charge < -0.3 is 14.7 Å². The third kappa shape index (κ3) is 4.84.